The first kappa shape index (κ1) is 16.0. The first-order valence-corrected chi connectivity index (χ1v) is 10.1. The molecule has 22 heavy (non-hydrogen) atoms. The number of nitrogens with zero attached hydrogens (tertiary/aromatic N) is 3. The van der Waals surface area contributed by atoms with E-state index < -0.39 is 15.9 Å². The van der Waals surface area contributed by atoms with Gasteiger partial charge >= 0.3 is 0 Å². The largest absolute Gasteiger partial charge is 0.386 e. The molecule has 1 saturated carbocycles. The van der Waals surface area contributed by atoms with Crippen LogP contribution in [-0.4, -0.2) is 52.8 Å². The summed E-state index contributed by atoms with van der Waals surface area (Å²) in [5, 5.41) is 14.4. The molecule has 0 bridgehead atoms. The molecule has 6 nitrogen and oxygen atoms in total. The number of hydrogen-bond acceptors (Lipinski definition) is 5. The molecule has 124 valence electrons. The molecule has 1 aromatic rings. The van der Waals surface area contributed by atoms with E-state index in [9.17, 15) is 13.5 Å². The lowest BCUT2D eigenvalue weighted by molar-refractivity contribution is 0.119. The van der Waals surface area contributed by atoms with Crippen LogP contribution in [0.1, 0.15) is 49.6 Å². The Balaban J connectivity index is 1.69. The highest BCUT2D eigenvalue weighted by molar-refractivity contribution is 7.90. The molecule has 0 unspecified atom stereocenters. The van der Waals surface area contributed by atoms with Gasteiger partial charge in [0.15, 0.2) is 0 Å². The van der Waals surface area contributed by atoms with E-state index in [1.807, 2.05) is 10.7 Å². The van der Waals surface area contributed by atoms with Crippen LogP contribution in [0.4, 0.5) is 0 Å². The lowest BCUT2D eigenvalue weighted by Gasteiger charge is -2.36. The Kier molecular flexibility index (Phi) is 4.56. The molecule has 7 heteroatoms. The molecule has 1 fully saturated rings. The molecule has 0 saturated heterocycles. The maximum Gasteiger partial charge on any atom is 0.150 e. The standard InChI is InChI=1S/C15H25N3O3S/c1-22(20,21)11-15(19)14-9-13-10-17(7-8-18(13)16-14)12-5-3-2-4-6-12/h9,12,15,19H,2-8,10-11H2,1H3/t15-/m0/s1. The number of fused-ring (bicyclic) bond motifs is 1. The summed E-state index contributed by atoms with van der Waals surface area (Å²) in [5.41, 5.74) is 1.56. The van der Waals surface area contributed by atoms with Crippen LogP contribution in [-0.2, 0) is 22.9 Å². The average molecular weight is 327 g/mol. The molecule has 2 heterocycles. The van der Waals surface area contributed by atoms with Gasteiger partial charge in [-0.05, 0) is 18.9 Å². The highest BCUT2D eigenvalue weighted by atomic mass is 32.2. The predicted molar refractivity (Wildman–Crippen MR) is 84.2 cm³/mol. The zero-order valence-electron chi connectivity index (χ0n) is 13.1. The van der Waals surface area contributed by atoms with Crippen LogP contribution >= 0.6 is 0 Å². The highest BCUT2D eigenvalue weighted by Gasteiger charge is 2.27. The van der Waals surface area contributed by atoms with Gasteiger partial charge in [-0.25, -0.2) is 8.42 Å². The maximum absolute atomic E-state index is 11.3. The fourth-order valence-electron chi connectivity index (χ4n) is 3.60. The molecular weight excluding hydrogens is 302 g/mol. The van der Waals surface area contributed by atoms with Gasteiger partial charge in [0.25, 0.3) is 0 Å². The Labute approximate surface area is 132 Å². The molecule has 2 aliphatic rings. The van der Waals surface area contributed by atoms with Gasteiger partial charge in [0.05, 0.1) is 23.7 Å². The van der Waals surface area contributed by atoms with Crippen molar-refractivity contribution in [1.29, 1.82) is 0 Å². The van der Waals surface area contributed by atoms with Crippen molar-refractivity contribution >= 4 is 9.84 Å². The summed E-state index contributed by atoms with van der Waals surface area (Å²) < 4.78 is 24.5. The third-order valence-electron chi connectivity index (χ3n) is 4.74. The summed E-state index contributed by atoms with van der Waals surface area (Å²) in [6, 6.07) is 2.53. The predicted octanol–water partition coefficient (Wildman–Crippen LogP) is 1.11. The smallest absolute Gasteiger partial charge is 0.150 e. The van der Waals surface area contributed by atoms with Crippen LogP contribution in [0.25, 0.3) is 0 Å². The molecular formula is C15H25N3O3S. The van der Waals surface area contributed by atoms with Gasteiger partial charge in [0.1, 0.15) is 15.9 Å². The van der Waals surface area contributed by atoms with E-state index in [-0.39, 0.29) is 5.75 Å². The van der Waals surface area contributed by atoms with Gasteiger partial charge in [-0.2, -0.15) is 5.10 Å². The van der Waals surface area contributed by atoms with Crippen LogP contribution in [0.3, 0.4) is 0 Å². The fraction of sp³-hybridized carbons (Fsp3) is 0.800. The summed E-state index contributed by atoms with van der Waals surface area (Å²) in [5.74, 6) is -0.268. The third kappa shape index (κ3) is 3.70. The number of hydrogen-bond donors (Lipinski definition) is 1. The van der Waals surface area contributed by atoms with E-state index in [2.05, 4.69) is 10.00 Å². The maximum atomic E-state index is 11.3. The topological polar surface area (TPSA) is 75.4 Å². The van der Waals surface area contributed by atoms with Gasteiger partial charge in [-0.3, -0.25) is 9.58 Å². The quantitative estimate of drug-likeness (QED) is 0.896. The van der Waals surface area contributed by atoms with Gasteiger partial charge in [0, 0.05) is 25.4 Å². The van der Waals surface area contributed by atoms with Crippen LogP contribution in [0.15, 0.2) is 6.07 Å². The minimum Gasteiger partial charge on any atom is -0.386 e. The Morgan fingerprint density at radius 2 is 2.05 bits per heavy atom. The Hall–Kier alpha value is -0.920. The first-order chi connectivity index (χ1) is 10.4. The zero-order valence-corrected chi connectivity index (χ0v) is 13.9. The van der Waals surface area contributed by atoms with Crippen molar-refractivity contribution in [3.05, 3.63) is 17.5 Å². The van der Waals surface area contributed by atoms with Gasteiger partial charge < -0.3 is 5.11 Å². The normalized spacial score (nSPS) is 22.5. The molecule has 0 aromatic carbocycles. The minimum absolute atomic E-state index is 0.268. The van der Waals surface area contributed by atoms with Crippen LogP contribution < -0.4 is 0 Å². The van der Waals surface area contributed by atoms with E-state index >= 15 is 0 Å². The molecule has 1 atom stereocenters. The second-order valence-electron chi connectivity index (χ2n) is 6.65. The number of aromatic nitrogens is 2. The number of aliphatic hydroxyl groups excluding tert-OH is 1. The van der Waals surface area contributed by atoms with Crippen LogP contribution in [0, 0.1) is 0 Å². The van der Waals surface area contributed by atoms with Crippen LogP contribution in [0.5, 0.6) is 0 Å². The lowest BCUT2D eigenvalue weighted by atomic mass is 9.94. The Bertz CT molecular complexity index is 620. The van der Waals surface area contributed by atoms with Crippen molar-refractivity contribution in [2.75, 3.05) is 18.6 Å². The summed E-state index contributed by atoms with van der Waals surface area (Å²) in [6.07, 6.45) is 6.64. The molecule has 3 rings (SSSR count). The Morgan fingerprint density at radius 1 is 1.32 bits per heavy atom. The molecule has 1 N–H and O–H groups in total. The summed E-state index contributed by atoms with van der Waals surface area (Å²) in [6.45, 7) is 2.65. The van der Waals surface area contributed by atoms with E-state index in [1.54, 1.807) is 0 Å². The second-order valence-corrected chi connectivity index (χ2v) is 8.84. The van der Waals surface area contributed by atoms with Crippen molar-refractivity contribution in [1.82, 2.24) is 14.7 Å². The summed E-state index contributed by atoms with van der Waals surface area (Å²) >= 11 is 0. The van der Waals surface area contributed by atoms with Gasteiger partial charge in [-0.15, -0.1) is 0 Å². The van der Waals surface area contributed by atoms with Gasteiger partial charge in [-0.1, -0.05) is 19.3 Å². The summed E-state index contributed by atoms with van der Waals surface area (Å²) in [4.78, 5) is 2.52. The van der Waals surface area contributed by atoms with Crippen molar-refractivity contribution in [3.8, 4) is 0 Å². The van der Waals surface area contributed by atoms with Crippen molar-refractivity contribution < 1.29 is 13.5 Å². The van der Waals surface area contributed by atoms with E-state index in [1.165, 1.54) is 32.1 Å². The van der Waals surface area contributed by atoms with E-state index in [0.29, 0.717) is 11.7 Å². The fourth-order valence-corrected chi connectivity index (χ4v) is 4.35. The van der Waals surface area contributed by atoms with Crippen molar-refractivity contribution in [3.63, 3.8) is 0 Å². The third-order valence-corrected chi connectivity index (χ3v) is 5.66. The number of aliphatic hydroxyl groups is 1. The summed E-state index contributed by atoms with van der Waals surface area (Å²) in [7, 11) is -3.21. The number of rotatable bonds is 4. The number of sulfone groups is 1. The molecule has 1 aliphatic carbocycles. The average Bonchev–Trinajstić information content (AvgIpc) is 2.89. The minimum atomic E-state index is -3.21. The molecule has 0 radical (unpaired) electrons. The molecule has 1 aliphatic heterocycles. The zero-order chi connectivity index (χ0) is 15.7. The van der Waals surface area contributed by atoms with Crippen LogP contribution in [0.2, 0.25) is 0 Å². The second kappa shape index (κ2) is 6.29. The molecule has 1 aromatic heterocycles. The molecule has 0 spiro atoms. The molecule has 0 amide bonds. The Morgan fingerprint density at radius 3 is 2.73 bits per heavy atom. The van der Waals surface area contributed by atoms with Crippen molar-refractivity contribution in [2.45, 2.75) is 57.3 Å². The van der Waals surface area contributed by atoms with Crippen molar-refractivity contribution in [2.24, 2.45) is 0 Å². The lowest BCUT2D eigenvalue weighted by Crippen LogP contribution is -2.42. The first-order valence-electron chi connectivity index (χ1n) is 8.09. The van der Waals surface area contributed by atoms with E-state index in [0.717, 1.165) is 31.6 Å². The monoisotopic (exact) mass is 327 g/mol. The van der Waals surface area contributed by atoms with E-state index in [4.69, 9.17) is 0 Å². The highest BCUT2D eigenvalue weighted by Crippen LogP contribution is 2.27. The SMILES string of the molecule is CS(=O)(=O)C[C@H](O)c1cc2n(n1)CCN(C1CCCCC1)C2. The van der Waals surface area contributed by atoms with Gasteiger partial charge in [0.2, 0.25) is 0 Å².